The molecule has 0 radical (unpaired) electrons. The van der Waals surface area contributed by atoms with Crippen LogP contribution < -0.4 is 10.6 Å². The Morgan fingerprint density at radius 2 is 2.10 bits per heavy atom. The molecule has 4 unspecified atom stereocenters. The van der Waals surface area contributed by atoms with Crippen LogP contribution in [0.25, 0.3) is 0 Å². The molecule has 2 fully saturated rings. The van der Waals surface area contributed by atoms with Gasteiger partial charge in [0.05, 0.1) is 6.10 Å². The number of nitrogens with one attached hydrogen (secondary N) is 2. The van der Waals surface area contributed by atoms with Crippen molar-refractivity contribution in [2.45, 2.75) is 63.1 Å². The fraction of sp³-hybridized carbons (Fsp3) is 0.765. The van der Waals surface area contributed by atoms with Crippen LogP contribution in [0.15, 0.2) is 16.8 Å². The highest BCUT2D eigenvalue weighted by Crippen LogP contribution is 2.30. The molecule has 4 atom stereocenters. The van der Waals surface area contributed by atoms with Crippen molar-refractivity contribution in [2.75, 3.05) is 13.1 Å². The summed E-state index contributed by atoms with van der Waals surface area (Å²) in [5.74, 6) is 0.744. The summed E-state index contributed by atoms with van der Waals surface area (Å²) < 4.78 is 0. The maximum absolute atomic E-state index is 10.3. The molecule has 3 nitrogen and oxygen atoms in total. The summed E-state index contributed by atoms with van der Waals surface area (Å²) in [7, 11) is 0. The van der Waals surface area contributed by atoms with Gasteiger partial charge in [0.15, 0.2) is 0 Å². The highest BCUT2D eigenvalue weighted by atomic mass is 32.1. The van der Waals surface area contributed by atoms with E-state index in [1.54, 1.807) is 11.3 Å². The second kappa shape index (κ2) is 7.73. The van der Waals surface area contributed by atoms with E-state index in [-0.39, 0.29) is 6.10 Å². The summed E-state index contributed by atoms with van der Waals surface area (Å²) >= 11 is 1.65. The highest BCUT2D eigenvalue weighted by molar-refractivity contribution is 7.07. The maximum atomic E-state index is 10.3. The van der Waals surface area contributed by atoms with Gasteiger partial charge < -0.3 is 15.7 Å². The molecular formula is C17H28N2OS. The summed E-state index contributed by atoms with van der Waals surface area (Å²) in [6.07, 6.45) is 8.97. The van der Waals surface area contributed by atoms with Gasteiger partial charge in [0.25, 0.3) is 0 Å². The van der Waals surface area contributed by atoms with E-state index in [4.69, 9.17) is 0 Å². The minimum atomic E-state index is -0.363. The minimum absolute atomic E-state index is 0.363. The predicted octanol–water partition coefficient (Wildman–Crippen LogP) is 3.07. The van der Waals surface area contributed by atoms with Crippen molar-refractivity contribution in [2.24, 2.45) is 5.92 Å². The van der Waals surface area contributed by atoms with Crippen LogP contribution in [0.2, 0.25) is 0 Å². The van der Waals surface area contributed by atoms with E-state index in [1.165, 1.54) is 51.5 Å². The summed E-state index contributed by atoms with van der Waals surface area (Å²) in [5.41, 5.74) is 1.05. The van der Waals surface area contributed by atoms with E-state index in [0.29, 0.717) is 18.6 Å². The van der Waals surface area contributed by atoms with Crippen LogP contribution in [0.1, 0.15) is 56.6 Å². The van der Waals surface area contributed by atoms with Gasteiger partial charge in [-0.15, -0.1) is 0 Å². The Bertz CT molecular complexity index is 403. The van der Waals surface area contributed by atoms with Gasteiger partial charge in [-0.25, -0.2) is 0 Å². The zero-order chi connectivity index (χ0) is 14.5. The molecule has 3 N–H and O–H groups in total. The first kappa shape index (κ1) is 15.5. The van der Waals surface area contributed by atoms with Crippen molar-refractivity contribution in [3.63, 3.8) is 0 Å². The molecule has 1 saturated carbocycles. The number of hydrogen-bond acceptors (Lipinski definition) is 4. The normalized spacial score (nSPS) is 32.0. The lowest BCUT2D eigenvalue weighted by atomic mass is 9.77. The summed E-state index contributed by atoms with van der Waals surface area (Å²) in [6, 6.07) is 3.29. The maximum Gasteiger partial charge on any atom is 0.0922 e. The second-order valence-corrected chi connectivity index (χ2v) is 7.37. The monoisotopic (exact) mass is 308 g/mol. The van der Waals surface area contributed by atoms with Gasteiger partial charge in [-0.2, -0.15) is 11.3 Å². The molecule has 2 heterocycles. The lowest BCUT2D eigenvalue weighted by Gasteiger charge is -2.40. The molecule has 0 bridgehead atoms. The molecule has 118 valence electrons. The fourth-order valence-electron chi connectivity index (χ4n) is 3.98. The molecule has 1 saturated heterocycles. The molecule has 1 aliphatic heterocycles. The molecular weight excluding hydrogens is 280 g/mol. The molecule has 3 rings (SSSR count). The van der Waals surface area contributed by atoms with Crippen molar-refractivity contribution in [1.82, 2.24) is 10.6 Å². The predicted molar refractivity (Wildman–Crippen MR) is 88.7 cm³/mol. The Kier molecular flexibility index (Phi) is 5.69. The Labute approximate surface area is 132 Å². The molecule has 0 amide bonds. The molecule has 2 aliphatic rings. The van der Waals surface area contributed by atoms with Gasteiger partial charge in [-0.3, -0.25) is 0 Å². The van der Waals surface area contributed by atoms with Crippen molar-refractivity contribution < 1.29 is 5.11 Å². The summed E-state index contributed by atoms with van der Waals surface area (Å²) in [6.45, 7) is 1.87. The number of piperidine rings is 1. The van der Waals surface area contributed by atoms with Crippen LogP contribution in [0.3, 0.4) is 0 Å². The Balaban J connectivity index is 1.54. The third-order valence-electron chi connectivity index (χ3n) is 5.19. The van der Waals surface area contributed by atoms with E-state index < -0.39 is 0 Å². The topological polar surface area (TPSA) is 44.3 Å². The Morgan fingerprint density at radius 3 is 2.86 bits per heavy atom. The first-order chi connectivity index (χ1) is 10.3. The van der Waals surface area contributed by atoms with E-state index in [2.05, 4.69) is 10.6 Å². The molecule has 21 heavy (non-hydrogen) atoms. The minimum Gasteiger partial charge on any atom is -0.387 e. The molecule has 1 aromatic heterocycles. The van der Waals surface area contributed by atoms with Crippen molar-refractivity contribution in [3.8, 4) is 0 Å². The summed E-state index contributed by atoms with van der Waals surface area (Å²) in [5, 5.41) is 21.8. The molecule has 1 aliphatic carbocycles. The number of thiophene rings is 1. The Morgan fingerprint density at radius 1 is 1.24 bits per heavy atom. The van der Waals surface area contributed by atoms with Gasteiger partial charge in [0, 0.05) is 18.6 Å². The average Bonchev–Trinajstić information content (AvgIpc) is 3.08. The van der Waals surface area contributed by atoms with Gasteiger partial charge >= 0.3 is 0 Å². The quantitative estimate of drug-likeness (QED) is 0.783. The fourth-order valence-corrected chi connectivity index (χ4v) is 4.69. The van der Waals surface area contributed by atoms with Gasteiger partial charge in [-0.05, 0) is 60.5 Å². The van der Waals surface area contributed by atoms with Crippen LogP contribution in [-0.4, -0.2) is 30.3 Å². The van der Waals surface area contributed by atoms with E-state index in [0.717, 1.165) is 11.5 Å². The van der Waals surface area contributed by atoms with Gasteiger partial charge in [0.1, 0.15) is 0 Å². The first-order valence-electron chi connectivity index (χ1n) is 8.51. The van der Waals surface area contributed by atoms with Crippen LogP contribution in [0.5, 0.6) is 0 Å². The van der Waals surface area contributed by atoms with Crippen LogP contribution in [-0.2, 0) is 0 Å². The molecule has 0 aromatic carbocycles. The van der Waals surface area contributed by atoms with Crippen molar-refractivity contribution in [1.29, 1.82) is 0 Å². The largest absolute Gasteiger partial charge is 0.387 e. The molecule has 4 heteroatoms. The van der Waals surface area contributed by atoms with Crippen molar-refractivity contribution in [3.05, 3.63) is 22.4 Å². The first-order valence-corrected chi connectivity index (χ1v) is 9.46. The highest BCUT2D eigenvalue weighted by Gasteiger charge is 2.32. The SMILES string of the molecule is OC(CNC1CCCCC1C1CCCCN1)c1ccsc1. The third-order valence-corrected chi connectivity index (χ3v) is 5.89. The number of aliphatic hydroxyl groups is 1. The van der Waals surface area contributed by atoms with E-state index in [1.807, 2.05) is 16.8 Å². The molecule has 1 aromatic rings. The molecule has 0 spiro atoms. The second-order valence-electron chi connectivity index (χ2n) is 6.59. The number of rotatable bonds is 5. The van der Waals surface area contributed by atoms with E-state index in [9.17, 15) is 5.11 Å². The standard InChI is InChI=1S/C17H28N2OS/c20-17(13-8-10-21-12-13)11-19-16-6-2-1-5-14(16)15-7-3-4-9-18-15/h8,10,12,14-20H,1-7,9,11H2. The lowest BCUT2D eigenvalue weighted by molar-refractivity contribution is 0.138. The number of hydrogen-bond donors (Lipinski definition) is 3. The lowest BCUT2D eigenvalue weighted by Crippen LogP contribution is -2.51. The van der Waals surface area contributed by atoms with Crippen LogP contribution in [0.4, 0.5) is 0 Å². The zero-order valence-corrected chi connectivity index (χ0v) is 13.6. The van der Waals surface area contributed by atoms with Crippen LogP contribution in [0, 0.1) is 5.92 Å². The van der Waals surface area contributed by atoms with Crippen LogP contribution >= 0.6 is 11.3 Å². The smallest absolute Gasteiger partial charge is 0.0922 e. The van der Waals surface area contributed by atoms with Crippen molar-refractivity contribution >= 4 is 11.3 Å². The van der Waals surface area contributed by atoms with Gasteiger partial charge in [-0.1, -0.05) is 19.3 Å². The average molecular weight is 308 g/mol. The van der Waals surface area contributed by atoms with E-state index >= 15 is 0 Å². The van der Waals surface area contributed by atoms with Gasteiger partial charge in [0.2, 0.25) is 0 Å². The zero-order valence-electron chi connectivity index (χ0n) is 12.8. The summed E-state index contributed by atoms with van der Waals surface area (Å²) in [4.78, 5) is 0. The Hall–Kier alpha value is -0.420. The third kappa shape index (κ3) is 4.07. The number of aliphatic hydroxyl groups excluding tert-OH is 1.